The maximum atomic E-state index is 0. The number of hydrogen-bond acceptors (Lipinski definition) is 0. The molecule has 0 aliphatic carbocycles. The Labute approximate surface area is 251 Å². The van der Waals surface area contributed by atoms with Gasteiger partial charge in [-0.2, -0.15) is 0 Å². The van der Waals surface area contributed by atoms with Crippen molar-refractivity contribution in [2.75, 3.05) is 0 Å². The fourth-order valence-electron chi connectivity index (χ4n) is 0. The fraction of sp³-hybridized carbons (Fsp3) is 0. The zero-order valence-electron chi connectivity index (χ0n) is 8.71. The summed E-state index contributed by atoms with van der Waals surface area (Å²) in [5.41, 5.74) is 0. The molecular weight excluding hydrogens is 208 g/mol. The van der Waals surface area contributed by atoms with Crippen molar-refractivity contribution in [2.24, 2.45) is 0 Å². The minimum atomic E-state index is 0. The largest absolute Gasteiger partial charge is 0 e. The van der Waals surface area contributed by atoms with E-state index in [1.807, 2.05) is 0 Å². The van der Waals surface area contributed by atoms with Crippen LogP contribution in [0.3, 0.4) is 0 Å². The topological polar surface area (TPSA) is 0 Å². The molecule has 0 aromatic heterocycles. The predicted octanol–water partition coefficient (Wildman–Crippen LogP) is -3.43. The molecule has 0 saturated heterocycles. The molecule has 0 heterocycles. The molecule has 0 fully saturated rings. The molecule has 0 spiro atoms. The van der Waals surface area contributed by atoms with E-state index in [1.165, 1.54) is 0 Å². The van der Waals surface area contributed by atoms with Crippen LogP contribution in [0.4, 0.5) is 0 Å². The molecule has 10 radical (unpaired) electrons. The van der Waals surface area contributed by atoms with Gasteiger partial charge in [-0.15, -0.1) is 0 Å². The van der Waals surface area contributed by atoms with E-state index in [-0.39, 0.29) is 260 Å². The predicted molar refractivity (Wildman–Crippen MR) is 51.8 cm³/mol. The summed E-state index contributed by atoms with van der Waals surface area (Å²) in [6.07, 6.45) is 0. The van der Waals surface area contributed by atoms with E-state index in [9.17, 15) is 0 Å². The quantitative estimate of drug-likeness (QED) is 0.364. The minimum Gasteiger partial charge on any atom is 0 e. The van der Waals surface area contributed by atoms with Crippen LogP contribution in [0.25, 0.3) is 0 Å². The molecule has 0 aromatic carbocycles. The van der Waals surface area contributed by atoms with E-state index in [1.54, 1.807) is 0 Å². The standard InChI is InChI=1S/Mg.8Na. The summed E-state index contributed by atoms with van der Waals surface area (Å²) in [4.78, 5) is 0. The zero-order chi connectivity index (χ0) is 0. The minimum absolute atomic E-state index is 0. The van der Waals surface area contributed by atoms with Crippen molar-refractivity contribution in [1.82, 2.24) is 0 Å². The monoisotopic (exact) mass is 208 g/mol. The first-order valence-electron chi connectivity index (χ1n) is 0. The van der Waals surface area contributed by atoms with Crippen LogP contribution in [0.15, 0.2) is 0 Å². The Balaban J connectivity index is 0. The summed E-state index contributed by atoms with van der Waals surface area (Å²) in [5, 5.41) is 0. The van der Waals surface area contributed by atoms with Gasteiger partial charge in [0.2, 0.25) is 0 Å². The summed E-state index contributed by atoms with van der Waals surface area (Å²) >= 11 is 0. The smallest absolute Gasteiger partial charge is 0 e. The van der Waals surface area contributed by atoms with Crippen LogP contribution < -0.4 is 0 Å². The third-order valence-electron chi connectivity index (χ3n) is 0. The van der Waals surface area contributed by atoms with E-state index in [0.717, 1.165) is 0 Å². The normalized spacial score (nSPS) is 0. The Kier molecular flexibility index (Phi) is 392. The van der Waals surface area contributed by atoms with Crippen molar-refractivity contribution >= 4 is 260 Å². The molecule has 0 aromatic rings. The molecule has 0 rings (SSSR count). The van der Waals surface area contributed by atoms with Gasteiger partial charge < -0.3 is 0 Å². The fourth-order valence-corrected chi connectivity index (χ4v) is 0. The van der Waals surface area contributed by atoms with E-state index < -0.39 is 0 Å². The van der Waals surface area contributed by atoms with Crippen LogP contribution in [0.5, 0.6) is 0 Å². The van der Waals surface area contributed by atoms with E-state index >= 15 is 0 Å². The summed E-state index contributed by atoms with van der Waals surface area (Å²) < 4.78 is 0. The molecule has 0 N–H and O–H groups in total. The summed E-state index contributed by atoms with van der Waals surface area (Å²) in [7, 11) is 0. The maximum Gasteiger partial charge on any atom is 0 e. The number of rotatable bonds is 0. The van der Waals surface area contributed by atoms with Gasteiger partial charge in [0.25, 0.3) is 0 Å². The van der Waals surface area contributed by atoms with Gasteiger partial charge in [0.05, 0.1) is 0 Å². The van der Waals surface area contributed by atoms with Gasteiger partial charge in [-0.1, -0.05) is 0 Å². The second-order valence-electron chi connectivity index (χ2n) is 0. The van der Waals surface area contributed by atoms with E-state index in [4.69, 9.17) is 0 Å². The van der Waals surface area contributed by atoms with Gasteiger partial charge in [-0.05, 0) is 0 Å². The maximum absolute atomic E-state index is 0. The third-order valence-corrected chi connectivity index (χ3v) is 0. The molecule has 0 nitrogen and oxygen atoms in total. The molecule has 9 heteroatoms. The van der Waals surface area contributed by atoms with Crippen molar-refractivity contribution in [3.8, 4) is 0 Å². The van der Waals surface area contributed by atoms with Crippen LogP contribution in [-0.4, -0.2) is 260 Å². The second-order valence-corrected chi connectivity index (χ2v) is 0. The SMILES string of the molecule is [Mg].[Na].[Na].[Na].[Na].[Na].[Na].[Na].[Na]. The van der Waals surface area contributed by atoms with Crippen molar-refractivity contribution in [3.05, 3.63) is 0 Å². The average molecular weight is 208 g/mol. The van der Waals surface area contributed by atoms with Crippen molar-refractivity contribution < 1.29 is 0 Å². The molecule has 0 atom stereocenters. The molecule has 0 aliphatic rings. The Morgan fingerprint density at radius 2 is 0.222 bits per heavy atom. The van der Waals surface area contributed by atoms with Gasteiger partial charge in [0.15, 0.2) is 0 Å². The number of hydrogen-bond donors (Lipinski definition) is 0. The van der Waals surface area contributed by atoms with E-state index in [0.29, 0.717) is 0 Å². The van der Waals surface area contributed by atoms with Crippen molar-refractivity contribution in [1.29, 1.82) is 0 Å². The molecular formula is MgNa8. The molecule has 0 aliphatic heterocycles. The summed E-state index contributed by atoms with van der Waals surface area (Å²) in [6, 6.07) is 0. The van der Waals surface area contributed by atoms with Crippen LogP contribution in [0, 0.1) is 0 Å². The average Bonchev–Trinajstić information content (AvgIpc) is 0. The van der Waals surface area contributed by atoms with Gasteiger partial charge in [-0.25, -0.2) is 0 Å². The first kappa shape index (κ1) is 65.0. The molecule has 0 saturated carbocycles. The van der Waals surface area contributed by atoms with Gasteiger partial charge in [0, 0.05) is 260 Å². The van der Waals surface area contributed by atoms with Crippen LogP contribution in [-0.2, 0) is 0 Å². The molecule has 10 valence electrons. The van der Waals surface area contributed by atoms with Gasteiger partial charge >= 0.3 is 0 Å². The van der Waals surface area contributed by atoms with Crippen LogP contribution >= 0.6 is 0 Å². The van der Waals surface area contributed by atoms with Gasteiger partial charge in [-0.3, -0.25) is 0 Å². The Hall–Kier alpha value is 8.77. The Bertz CT molecular complexity index is 4.53. The molecule has 0 unspecified atom stereocenters. The Morgan fingerprint density at radius 3 is 0.222 bits per heavy atom. The zero-order valence-corrected chi connectivity index (χ0v) is 26.1. The van der Waals surface area contributed by atoms with Gasteiger partial charge in [0.1, 0.15) is 0 Å². The molecule has 0 amide bonds. The van der Waals surface area contributed by atoms with Crippen molar-refractivity contribution in [3.63, 3.8) is 0 Å². The van der Waals surface area contributed by atoms with Crippen LogP contribution in [0.2, 0.25) is 0 Å². The molecule has 9 heavy (non-hydrogen) atoms. The van der Waals surface area contributed by atoms with Crippen LogP contribution in [0.1, 0.15) is 0 Å². The first-order valence-corrected chi connectivity index (χ1v) is 0. The Morgan fingerprint density at radius 1 is 0.222 bits per heavy atom. The molecule has 0 bridgehead atoms. The second kappa shape index (κ2) is 54.2. The summed E-state index contributed by atoms with van der Waals surface area (Å²) in [5.74, 6) is 0. The first-order chi connectivity index (χ1) is 0. The van der Waals surface area contributed by atoms with E-state index in [2.05, 4.69) is 0 Å². The summed E-state index contributed by atoms with van der Waals surface area (Å²) in [6.45, 7) is 0. The third kappa shape index (κ3) is 47.6. The van der Waals surface area contributed by atoms with Crippen molar-refractivity contribution in [2.45, 2.75) is 0 Å².